The molecule has 12 heavy (non-hydrogen) atoms. The molecule has 0 bridgehead atoms. The molecular weight excluding hydrogens is 154 g/mol. The smallest absolute Gasteiger partial charge is 0.259 e. The molecule has 0 aromatic rings. The fraction of sp³-hybridized carbons (Fsp3) is 0.250. The van der Waals surface area contributed by atoms with Gasteiger partial charge in [-0.25, -0.2) is 4.99 Å². The van der Waals surface area contributed by atoms with Crippen LogP contribution in [0.1, 0.15) is 13.3 Å². The molecule has 1 heterocycles. The highest BCUT2D eigenvalue weighted by molar-refractivity contribution is 6.22. The number of aliphatic imine (C=N–C) groups is 1. The van der Waals surface area contributed by atoms with E-state index >= 15 is 0 Å². The molecule has 1 rings (SSSR count). The third-order valence-electron chi connectivity index (χ3n) is 1.35. The van der Waals surface area contributed by atoms with Crippen molar-refractivity contribution in [3.63, 3.8) is 0 Å². The minimum Gasteiger partial charge on any atom is -0.380 e. The number of oxime groups is 1. The van der Waals surface area contributed by atoms with Gasteiger partial charge in [0.15, 0.2) is 5.84 Å². The van der Waals surface area contributed by atoms with Gasteiger partial charge in [0.1, 0.15) is 0 Å². The van der Waals surface area contributed by atoms with E-state index in [1.54, 1.807) is 0 Å². The highest BCUT2D eigenvalue weighted by Crippen LogP contribution is 2.10. The monoisotopic (exact) mass is 165 g/mol. The normalized spacial score (nSPS) is 22.6. The SMILES string of the molecule is C=CN=C1ON=C(N)/C1=C/CC. The number of nitrogens with two attached hydrogens (primary N) is 1. The average Bonchev–Trinajstić information content (AvgIpc) is 2.37. The Morgan fingerprint density at radius 1 is 1.75 bits per heavy atom. The van der Waals surface area contributed by atoms with Crippen molar-refractivity contribution in [2.24, 2.45) is 15.9 Å². The van der Waals surface area contributed by atoms with E-state index in [9.17, 15) is 0 Å². The number of allylic oxidation sites excluding steroid dienone is 1. The van der Waals surface area contributed by atoms with Crippen molar-refractivity contribution in [2.75, 3.05) is 0 Å². The highest BCUT2D eigenvalue weighted by Gasteiger charge is 2.19. The quantitative estimate of drug-likeness (QED) is 0.667. The summed E-state index contributed by atoms with van der Waals surface area (Å²) in [5, 5.41) is 3.58. The minimum absolute atomic E-state index is 0.373. The Labute approximate surface area is 71.1 Å². The molecule has 0 aliphatic carbocycles. The maximum Gasteiger partial charge on any atom is 0.259 e. The van der Waals surface area contributed by atoms with Gasteiger partial charge in [0.05, 0.1) is 5.57 Å². The Kier molecular flexibility index (Phi) is 2.63. The van der Waals surface area contributed by atoms with Gasteiger partial charge in [0, 0.05) is 6.20 Å². The molecule has 0 saturated heterocycles. The molecule has 0 fully saturated rings. The first kappa shape index (κ1) is 8.52. The summed E-state index contributed by atoms with van der Waals surface area (Å²) in [7, 11) is 0. The van der Waals surface area contributed by atoms with Crippen LogP contribution < -0.4 is 5.73 Å². The van der Waals surface area contributed by atoms with Gasteiger partial charge in [-0.05, 0) is 6.42 Å². The van der Waals surface area contributed by atoms with E-state index in [0.717, 1.165) is 12.0 Å². The van der Waals surface area contributed by atoms with Gasteiger partial charge in [0.25, 0.3) is 5.90 Å². The van der Waals surface area contributed by atoms with E-state index in [-0.39, 0.29) is 0 Å². The van der Waals surface area contributed by atoms with Crippen molar-refractivity contribution in [2.45, 2.75) is 13.3 Å². The molecule has 0 radical (unpaired) electrons. The zero-order valence-corrected chi connectivity index (χ0v) is 6.95. The first-order chi connectivity index (χ1) is 5.79. The van der Waals surface area contributed by atoms with Crippen molar-refractivity contribution in [1.29, 1.82) is 0 Å². The fourth-order valence-corrected chi connectivity index (χ4v) is 0.872. The van der Waals surface area contributed by atoms with Crippen LogP contribution in [0.3, 0.4) is 0 Å². The van der Waals surface area contributed by atoms with Gasteiger partial charge in [-0.1, -0.05) is 24.7 Å². The molecule has 0 atom stereocenters. The number of rotatable bonds is 2. The second-order valence-electron chi connectivity index (χ2n) is 2.21. The second-order valence-corrected chi connectivity index (χ2v) is 2.21. The van der Waals surface area contributed by atoms with Gasteiger partial charge >= 0.3 is 0 Å². The van der Waals surface area contributed by atoms with Gasteiger partial charge in [0.2, 0.25) is 0 Å². The molecule has 4 nitrogen and oxygen atoms in total. The average molecular weight is 165 g/mol. The molecule has 0 saturated carbocycles. The molecule has 4 heteroatoms. The predicted molar refractivity (Wildman–Crippen MR) is 48.7 cm³/mol. The fourth-order valence-electron chi connectivity index (χ4n) is 0.872. The van der Waals surface area contributed by atoms with Gasteiger partial charge < -0.3 is 10.6 Å². The number of nitrogens with zero attached hydrogens (tertiary/aromatic N) is 2. The van der Waals surface area contributed by atoms with Crippen LogP contribution in [0.5, 0.6) is 0 Å². The minimum atomic E-state index is 0.373. The van der Waals surface area contributed by atoms with Gasteiger partial charge in [-0.3, -0.25) is 0 Å². The Hall–Kier alpha value is -1.58. The van der Waals surface area contributed by atoms with E-state index in [0.29, 0.717) is 11.7 Å². The lowest BCUT2D eigenvalue weighted by Gasteiger charge is -1.94. The zero-order valence-electron chi connectivity index (χ0n) is 6.95. The summed E-state index contributed by atoms with van der Waals surface area (Å²) in [6.07, 6.45) is 4.17. The van der Waals surface area contributed by atoms with E-state index in [1.165, 1.54) is 6.20 Å². The first-order valence-electron chi connectivity index (χ1n) is 3.69. The standard InChI is InChI=1S/C8H11N3O/c1-3-5-6-7(9)11-12-8(6)10-4-2/h4-5H,2-3H2,1H3,(H2,9,11)/b6-5-,10-8?. The second kappa shape index (κ2) is 3.71. The van der Waals surface area contributed by atoms with Crippen LogP contribution in [0.4, 0.5) is 0 Å². The number of amidine groups is 1. The highest BCUT2D eigenvalue weighted by atomic mass is 16.6. The third-order valence-corrected chi connectivity index (χ3v) is 1.35. The van der Waals surface area contributed by atoms with E-state index in [4.69, 9.17) is 10.6 Å². The molecule has 0 aromatic heterocycles. The van der Waals surface area contributed by atoms with Crippen LogP contribution in [0, 0.1) is 0 Å². The van der Waals surface area contributed by atoms with Crippen molar-refractivity contribution in [1.82, 2.24) is 0 Å². The molecule has 64 valence electrons. The van der Waals surface area contributed by atoms with Gasteiger partial charge in [-0.15, -0.1) is 0 Å². The largest absolute Gasteiger partial charge is 0.380 e. The Morgan fingerprint density at radius 2 is 2.50 bits per heavy atom. The number of hydrogen-bond donors (Lipinski definition) is 1. The van der Waals surface area contributed by atoms with Crippen molar-refractivity contribution < 1.29 is 4.84 Å². The van der Waals surface area contributed by atoms with Crippen LogP contribution in [0.2, 0.25) is 0 Å². The first-order valence-corrected chi connectivity index (χ1v) is 3.69. The summed E-state index contributed by atoms with van der Waals surface area (Å²) in [5.41, 5.74) is 6.27. The summed E-state index contributed by atoms with van der Waals surface area (Å²) in [4.78, 5) is 8.71. The van der Waals surface area contributed by atoms with Crippen molar-refractivity contribution in [3.05, 3.63) is 24.4 Å². The lowest BCUT2D eigenvalue weighted by molar-refractivity contribution is 0.341. The van der Waals surface area contributed by atoms with Crippen molar-refractivity contribution >= 4 is 11.7 Å². The van der Waals surface area contributed by atoms with E-state index in [1.807, 2.05) is 13.0 Å². The summed E-state index contributed by atoms with van der Waals surface area (Å²) < 4.78 is 0. The summed E-state index contributed by atoms with van der Waals surface area (Å²) in [5.74, 6) is 0.793. The molecule has 1 aliphatic heterocycles. The Morgan fingerprint density at radius 3 is 3.08 bits per heavy atom. The number of hydrogen-bond acceptors (Lipinski definition) is 4. The molecule has 2 N–H and O–H groups in total. The lowest BCUT2D eigenvalue weighted by atomic mass is 10.2. The van der Waals surface area contributed by atoms with Gasteiger partial charge in [-0.2, -0.15) is 0 Å². The maximum atomic E-state index is 5.53. The maximum absolute atomic E-state index is 5.53. The Balaban J connectivity index is 2.92. The van der Waals surface area contributed by atoms with E-state index in [2.05, 4.69) is 16.7 Å². The van der Waals surface area contributed by atoms with E-state index < -0.39 is 0 Å². The molecule has 0 unspecified atom stereocenters. The van der Waals surface area contributed by atoms with Crippen LogP contribution in [-0.4, -0.2) is 11.7 Å². The molecule has 0 amide bonds. The summed E-state index contributed by atoms with van der Waals surface area (Å²) in [6.45, 7) is 5.46. The molecule has 0 spiro atoms. The van der Waals surface area contributed by atoms with Crippen molar-refractivity contribution in [3.8, 4) is 0 Å². The van der Waals surface area contributed by atoms with Crippen LogP contribution >= 0.6 is 0 Å². The lowest BCUT2D eigenvalue weighted by Crippen LogP contribution is -2.14. The topological polar surface area (TPSA) is 60.0 Å². The summed E-state index contributed by atoms with van der Waals surface area (Å²) in [6, 6.07) is 0. The Bertz CT molecular complexity index is 276. The molecular formula is C8H11N3O. The van der Waals surface area contributed by atoms with Crippen LogP contribution in [0.15, 0.2) is 34.6 Å². The molecule has 1 aliphatic rings. The predicted octanol–water partition coefficient (Wildman–Crippen LogP) is 1.17. The summed E-state index contributed by atoms with van der Waals surface area (Å²) >= 11 is 0. The van der Waals surface area contributed by atoms with Crippen LogP contribution in [0.25, 0.3) is 0 Å². The molecule has 0 aromatic carbocycles. The third kappa shape index (κ3) is 1.53. The zero-order chi connectivity index (χ0) is 8.97. The van der Waals surface area contributed by atoms with Crippen LogP contribution in [-0.2, 0) is 4.84 Å².